The molecular formula is C18H24N2O3S. The lowest BCUT2D eigenvalue weighted by molar-refractivity contribution is 0.369. The molecule has 0 saturated heterocycles. The lowest BCUT2D eigenvalue weighted by atomic mass is 9.95. The van der Waals surface area contributed by atoms with Crippen LogP contribution >= 0.6 is 0 Å². The van der Waals surface area contributed by atoms with Gasteiger partial charge >= 0.3 is 0 Å². The standard InChI is InChI=1S/C18H24N2O3S/c1-13-7-9-14(10-8-13)18-20-15(12-23-18)11-19-16-5-3-4-6-17(16)24(2,21)22/h7-10,12,16-17,19H,3-6,11H2,1-2H3/t16-,17+/m1/s1. The molecular weight excluding hydrogens is 324 g/mol. The van der Waals surface area contributed by atoms with E-state index in [0.717, 1.165) is 36.9 Å². The molecule has 1 heterocycles. The van der Waals surface area contributed by atoms with Gasteiger partial charge in [0.05, 0.1) is 10.9 Å². The van der Waals surface area contributed by atoms with Gasteiger partial charge < -0.3 is 9.73 Å². The van der Waals surface area contributed by atoms with E-state index in [2.05, 4.69) is 10.3 Å². The molecule has 130 valence electrons. The van der Waals surface area contributed by atoms with Crippen LogP contribution < -0.4 is 5.32 Å². The minimum Gasteiger partial charge on any atom is -0.444 e. The van der Waals surface area contributed by atoms with Crippen LogP contribution in [0.25, 0.3) is 11.5 Å². The molecule has 2 atom stereocenters. The highest BCUT2D eigenvalue weighted by molar-refractivity contribution is 7.91. The van der Waals surface area contributed by atoms with Crippen LogP contribution in [-0.2, 0) is 16.4 Å². The predicted molar refractivity (Wildman–Crippen MR) is 94.4 cm³/mol. The number of benzene rings is 1. The summed E-state index contributed by atoms with van der Waals surface area (Å²) in [6, 6.07) is 8.01. The zero-order chi connectivity index (χ0) is 17.2. The van der Waals surface area contributed by atoms with Crippen LogP contribution in [-0.4, -0.2) is 30.9 Å². The van der Waals surface area contributed by atoms with E-state index in [1.54, 1.807) is 6.26 Å². The quantitative estimate of drug-likeness (QED) is 0.899. The van der Waals surface area contributed by atoms with Crippen LogP contribution in [0.15, 0.2) is 34.9 Å². The number of sulfone groups is 1. The maximum atomic E-state index is 12.0. The summed E-state index contributed by atoms with van der Waals surface area (Å²) in [7, 11) is -3.03. The van der Waals surface area contributed by atoms with Gasteiger partial charge in [0.2, 0.25) is 5.89 Å². The first-order valence-corrected chi connectivity index (χ1v) is 10.3. The molecule has 1 saturated carbocycles. The van der Waals surface area contributed by atoms with Crippen molar-refractivity contribution in [2.75, 3.05) is 6.26 Å². The summed E-state index contributed by atoms with van der Waals surface area (Å²) in [6.45, 7) is 2.56. The number of aromatic nitrogens is 1. The minimum absolute atomic E-state index is 0.00623. The highest BCUT2D eigenvalue weighted by Gasteiger charge is 2.32. The normalized spacial score (nSPS) is 21.8. The summed E-state index contributed by atoms with van der Waals surface area (Å²) in [5.41, 5.74) is 2.93. The number of hydrogen-bond acceptors (Lipinski definition) is 5. The van der Waals surface area contributed by atoms with Crippen LogP contribution in [0.2, 0.25) is 0 Å². The largest absolute Gasteiger partial charge is 0.444 e. The summed E-state index contributed by atoms with van der Waals surface area (Å²) in [6.07, 6.45) is 6.66. The molecule has 0 bridgehead atoms. The fraction of sp³-hybridized carbons (Fsp3) is 0.500. The molecule has 0 amide bonds. The lowest BCUT2D eigenvalue weighted by Crippen LogP contribution is -2.45. The van der Waals surface area contributed by atoms with Gasteiger partial charge in [0.1, 0.15) is 6.26 Å². The zero-order valence-corrected chi connectivity index (χ0v) is 15.0. The Bertz CT molecular complexity index is 781. The van der Waals surface area contributed by atoms with Crippen LogP contribution in [0.1, 0.15) is 36.9 Å². The second kappa shape index (κ2) is 7.07. The van der Waals surface area contributed by atoms with E-state index in [9.17, 15) is 8.42 Å². The van der Waals surface area contributed by atoms with E-state index in [0.29, 0.717) is 12.4 Å². The first kappa shape index (κ1) is 17.2. The third-order valence-electron chi connectivity index (χ3n) is 4.65. The summed E-state index contributed by atoms with van der Waals surface area (Å²) in [5.74, 6) is 0.593. The Morgan fingerprint density at radius 1 is 1.21 bits per heavy atom. The maximum absolute atomic E-state index is 12.0. The smallest absolute Gasteiger partial charge is 0.226 e. The second-order valence-corrected chi connectivity index (χ2v) is 8.91. The van der Waals surface area contributed by atoms with Gasteiger partial charge in [-0.25, -0.2) is 13.4 Å². The van der Waals surface area contributed by atoms with Gasteiger partial charge in [-0.1, -0.05) is 30.5 Å². The topological polar surface area (TPSA) is 72.2 Å². The molecule has 3 rings (SSSR count). The molecule has 24 heavy (non-hydrogen) atoms. The second-order valence-electron chi connectivity index (χ2n) is 6.65. The average Bonchev–Trinajstić information content (AvgIpc) is 3.02. The number of rotatable bonds is 5. The number of oxazole rings is 1. The number of hydrogen-bond donors (Lipinski definition) is 1. The van der Waals surface area contributed by atoms with Crippen molar-refractivity contribution in [2.45, 2.75) is 50.4 Å². The predicted octanol–water partition coefficient (Wildman–Crippen LogP) is 3.10. The van der Waals surface area contributed by atoms with Crippen molar-refractivity contribution < 1.29 is 12.8 Å². The molecule has 0 radical (unpaired) electrons. The lowest BCUT2D eigenvalue weighted by Gasteiger charge is -2.30. The Morgan fingerprint density at radius 2 is 1.92 bits per heavy atom. The van der Waals surface area contributed by atoms with Crippen molar-refractivity contribution in [3.05, 3.63) is 41.8 Å². The van der Waals surface area contributed by atoms with Crippen LogP contribution in [0.3, 0.4) is 0 Å². The number of aryl methyl sites for hydroxylation is 1. The molecule has 1 aromatic heterocycles. The first-order valence-electron chi connectivity index (χ1n) is 8.37. The molecule has 1 fully saturated rings. The Balaban J connectivity index is 1.65. The van der Waals surface area contributed by atoms with E-state index in [1.807, 2.05) is 31.2 Å². The van der Waals surface area contributed by atoms with Crippen LogP contribution in [0, 0.1) is 6.92 Å². The fourth-order valence-electron chi connectivity index (χ4n) is 3.30. The van der Waals surface area contributed by atoms with E-state index in [1.165, 1.54) is 11.8 Å². The monoisotopic (exact) mass is 348 g/mol. The Hall–Kier alpha value is -1.66. The summed E-state index contributed by atoms with van der Waals surface area (Å²) in [4.78, 5) is 4.50. The number of nitrogens with zero attached hydrogens (tertiary/aromatic N) is 1. The van der Waals surface area contributed by atoms with Gasteiger partial charge in [-0.3, -0.25) is 0 Å². The summed E-state index contributed by atoms with van der Waals surface area (Å²) >= 11 is 0. The van der Waals surface area contributed by atoms with Crippen molar-refractivity contribution in [1.29, 1.82) is 0 Å². The molecule has 5 nitrogen and oxygen atoms in total. The first-order chi connectivity index (χ1) is 11.4. The van der Waals surface area contributed by atoms with Crippen LogP contribution in [0.4, 0.5) is 0 Å². The third-order valence-corrected chi connectivity index (χ3v) is 6.31. The Labute approximate surface area is 143 Å². The molecule has 0 spiro atoms. The van der Waals surface area contributed by atoms with Crippen molar-refractivity contribution in [3.8, 4) is 11.5 Å². The van der Waals surface area contributed by atoms with E-state index in [4.69, 9.17) is 4.42 Å². The zero-order valence-electron chi connectivity index (χ0n) is 14.2. The van der Waals surface area contributed by atoms with Crippen molar-refractivity contribution >= 4 is 9.84 Å². The molecule has 1 aliphatic rings. The van der Waals surface area contributed by atoms with Gasteiger partial charge in [-0.2, -0.15) is 0 Å². The molecule has 1 aromatic carbocycles. The van der Waals surface area contributed by atoms with Gasteiger partial charge in [0, 0.05) is 24.4 Å². The van der Waals surface area contributed by atoms with Crippen molar-refractivity contribution in [2.24, 2.45) is 0 Å². The van der Waals surface area contributed by atoms with Crippen molar-refractivity contribution in [1.82, 2.24) is 10.3 Å². The summed E-state index contributed by atoms with van der Waals surface area (Å²) in [5, 5.41) is 3.07. The third kappa shape index (κ3) is 4.05. The average molecular weight is 348 g/mol. The van der Waals surface area contributed by atoms with Gasteiger partial charge in [0.15, 0.2) is 9.84 Å². The van der Waals surface area contributed by atoms with Gasteiger partial charge in [-0.05, 0) is 31.9 Å². The molecule has 0 unspecified atom stereocenters. The van der Waals surface area contributed by atoms with Gasteiger partial charge in [0.25, 0.3) is 0 Å². The fourth-order valence-corrected chi connectivity index (χ4v) is 4.72. The molecule has 2 aromatic rings. The van der Waals surface area contributed by atoms with Gasteiger partial charge in [-0.15, -0.1) is 0 Å². The molecule has 0 aliphatic heterocycles. The SMILES string of the molecule is Cc1ccc(-c2nc(CN[C@@H]3CCCC[C@@H]3S(C)(=O)=O)co2)cc1. The summed E-state index contributed by atoms with van der Waals surface area (Å²) < 4.78 is 29.5. The molecule has 1 aliphatic carbocycles. The number of nitrogens with one attached hydrogen (secondary N) is 1. The molecule has 1 N–H and O–H groups in total. The van der Waals surface area contributed by atoms with E-state index < -0.39 is 9.84 Å². The highest BCUT2D eigenvalue weighted by Crippen LogP contribution is 2.25. The van der Waals surface area contributed by atoms with Crippen molar-refractivity contribution in [3.63, 3.8) is 0 Å². The highest BCUT2D eigenvalue weighted by atomic mass is 32.2. The van der Waals surface area contributed by atoms with E-state index in [-0.39, 0.29) is 11.3 Å². The maximum Gasteiger partial charge on any atom is 0.226 e. The Morgan fingerprint density at radius 3 is 2.62 bits per heavy atom. The molecule has 6 heteroatoms. The Kier molecular flexibility index (Phi) is 5.06. The van der Waals surface area contributed by atoms with E-state index >= 15 is 0 Å². The minimum atomic E-state index is -3.03. The van der Waals surface area contributed by atoms with Crippen LogP contribution in [0.5, 0.6) is 0 Å².